The van der Waals surface area contributed by atoms with Gasteiger partial charge in [0.2, 0.25) is 0 Å². The SMILES string of the molecule is CCCN=C(NCCc1ccco1)NC1CCN(c2cccs2)CC1. The Morgan fingerprint density at radius 2 is 2.20 bits per heavy atom. The molecule has 6 heteroatoms. The number of nitrogens with one attached hydrogen (secondary N) is 2. The molecular weight excluding hydrogens is 332 g/mol. The van der Waals surface area contributed by atoms with E-state index in [1.165, 1.54) is 5.00 Å². The lowest BCUT2D eigenvalue weighted by molar-refractivity contribution is 0.461. The van der Waals surface area contributed by atoms with Crippen molar-refractivity contribution in [3.8, 4) is 0 Å². The van der Waals surface area contributed by atoms with Gasteiger partial charge in [-0.25, -0.2) is 0 Å². The van der Waals surface area contributed by atoms with Crippen LogP contribution in [0.3, 0.4) is 0 Å². The number of hydrogen-bond donors (Lipinski definition) is 2. The first kappa shape index (κ1) is 17.9. The first-order valence-corrected chi connectivity index (χ1v) is 10.1. The van der Waals surface area contributed by atoms with Crippen molar-refractivity contribution in [2.75, 3.05) is 31.1 Å². The molecule has 2 N–H and O–H groups in total. The van der Waals surface area contributed by atoms with Gasteiger partial charge < -0.3 is 20.0 Å². The molecule has 0 radical (unpaired) electrons. The number of hydrogen-bond acceptors (Lipinski definition) is 4. The summed E-state index contributed by atoms with van der Waals surface area (Å²) in [5.41, 5.74) is 0. The average molecular weight is 361 g/mol. The summed E-state index contributed by atoms with van der Waals surface area (Å²) in [6.45, 7) is 6.04. The molecule has 1 saturated heterocycles. The van der Waals surface area contributed by atoms with Crippen LogP contribution in [0.4, 0.5) is 5.00 Å². The maximum atomic E-state index is 5.39. The van der Waals surface area contributed by atoms with Crippen LogP contribution in [0, 0.1) is 0 Å². The van der Waals surface area contributed by atoms with Crippen LogP contribution in [-0.4, -0.2) is 38.2 Å². The van der Waals surface area contributed by atoms with E-state index in [2.05, 4.69) is 45.0 Å². The predicted molar refractivity (Wildman–Crippen MR) is 106 cm³/mol. The lowest BCUT2D eigenvalue weighted by Gasteiger charge is -2.33. The summed E-state index contributed by atoms with van der Waals surface area (Å²) in [7, 11) is 0. The van der Waals surface area contributed by atoms with Crippen LogP contribution in [0.25, 0.3) is 0 Å². The minimum Gasteiger partial charge on any atom is -0.469 e. The smallest absolute Gasteiger partial charge is 0.191 e. The fourth-order valence-corrected chi connectivity index (χ4v) is 3.81. The van der Waals surface area contributed by atoms with Crippen LogP contribution in [-0.2, 0) is 6.42 Å². The first-order valence-electron chi connectivity index (χ1n) is 9.21. The summed E-state index contributed by atoms with van der Waals surface area (Å²) >= 11 is 1.83. The second kappa shape index (κ2) is 9.51. The molecule has 3 rings (SSSR count). The number of rotatable bonds is 7. The third-order valence-electron chi connectivity index (χ3n) is 4.39. The molecule has 1 aliphatic heterocycles. The van der Waals surface area contributed by atoms with E-state index in [4.69, 9.17) is 4.42 Å². The molecule has 5 nitrogen and oxygen atoms in total. The van der Waals surface area contributed by atoms with Crippen molar-refractivity contribution in [1.82, 2.24) is 10.6 Å². The number of furan rings is 1. The van der Waals surface area contributed by atoms with E-state index >= 15 is 0 Å². The summed E-state index contributed by atoms with van der Waals surface area (Å²) in [5, 5.41) is 10.6. The second-order valence-corrected chi connectivity index (χ2v) is 7.27. The zero-order valence-electron chi connectivity index (χ0n) is 14.9. The summed E-state index contributed by atoms with van der Waals surface area (Å²) in [6.07, 6.45) is 5.94. The van der Waals surface area contributed by atoms with Gasteiger partial charge in [0.15, 0.2) is 5.96 Å². The largest absolute Gasteiger partial charge is 0.469 e. The Bertz CT molecular complexity index is 616. The van der Waals surface area contributed by atoms with Crippen molar-refractivity contribution in [1.29, 1.82) is 0 Å². The van der Waals surface area contributed by atoms with Crippen LogP contribution in [0.5, 0.6) is 0 Å². The normalized spacial score (nSPS) is 16.2. The number of aliphatic imine (C=N–C) groups is 1. The first-order chi connectivity index (χ1) is 12.3. The van der Waals surface area contributed by atoms with Gasteiger partial charge in [-0.15, -0.1) is 11.3 Å². The number of anilines is 1. The Morgan fingerprint density at radius 3 is 2.88 bits per heavy atom. The van der Waals surface area contributed by atoms with Crippen molar-refractivity contribution in [2.45, 2.75) is 38.6 Å². The van der Waals surface area contributed by atoms with Gasteiger partial charge in [0, 0.05) is 38.6 Å². The van der Waals surface area contributed by atoms with Gasteiger partial charge in [-0.05, 0) is 48.9 Å². The zero-order valence-corrected chi connectivity index (χ0v) is 15.7. The molecule has 136 valence electrons. The fourth-order valence-electron chi connectivity index (χ4n) is 3.02. The summed E-state index contributed by atoms with van der Waals surface area (Å²) in [4.78, 5) is 7.16. The highest BCUT2D eigenvalue weighted by atomic mass is 32.1. The van der Waals surface area contributed by atoms with Crippen LogP contribution in [0.2, 0.25) is 0 Å². The number of thiophene rings is 1. The monoisotopic (exact) mass is 360 g/mol. The van der Waals surface area contributed by atoms with E-state index < -0.39 is 0 Å². The molecule has 0 saturated carbocycles. The molecule has 2 aromatic rings. The van der Waals surface area contributed by atoms with Crippen LogP contribution in [0.15, 0.2) is 45.3 Å². The van der Waals surface area contributed by atoms with E-state index in [9.17, 15) is 0 Å². The van der Waals surface area contributed by atoms with E-state index in [-0.39, 0.29) is 0 Å². The van der Waals surface area contributed by atoms with Crippen molar-refractivity contribution in [3.05, 3.63) is 41.7 Å². The van der Waals surface area contributed by atoms with Crippen LogP contribution >= 0.6 is 11.3 Å². The van der Waals surface area contributed by atoms with E-state index in [1.54, 1.807) is 6.26 Å². The van der Waals surface area contributed by atoms with Crippen LogP contribution in [0.1, 0.15) is 31.9 Å². The molecule has 3 heterocycles. The molecule has 1 aliphatic rings. The van der Waals surface area contributed by atoms with Crippen LogP contribution < -0.4 is 15.5 Å². The third-order valence-corrected chi connectivity index (χ3v) is 5.32. The van der Waals surface area contributed by atoms with Gasteiger partial charge in [0.25, 0.3) is 0 Å². The minimum atomic E-state index is 0.489. The third kappa shape index (κ3) is 5.53. The molecule has 0 amide bonds. The Hall–Kier alpha value is -1.95. The van der Waals surface area contributed by atoms with E-state index in [0.29, 0.717) is 6.04 Å². The predicted octanol–water partition coefficient (Wildman–Crippen LogP) is 3.50. The Kier molecular flexibility index (Phi) is 6.79. The Labute approximate surface area is 154 Å². The van der Waals surface area contributed by atoms with Crippen molar-refractivity contribution < 1.29 is 4.42 Å². The molecule has 25 heavy (non-hydrogen) atoms. The topological polar surface area (TPSA) is 52.8 Å². The molecule has 0 unspecified atom stereocenters. The van der Waals surface area contributed by atoms with Gasteiger partial charge in [0.05, 0.1) is 11.3 Å². The number of piperidine rings is 1. The van der Waals surface area contributed by atoms with Gasteiger partial charge in [-0.2, -0.15) is 0 Å². The van der Waals surface area contributed by atoms with Gasteiger partial charge in [-0.1, -0.05) is 6.92 Å². The molecule has 0 aliphatic carbocycles. The quantitative estimate of drug-likeness (QED) is 0.586. The molecule has 0 spiro atoms. The summed E-state index contributed by atoms with van der Waals surface area (Å²) < 4.78 is 5.39. The molecular formula is C19H28N4OS. The summed E-state index contributed by atoms with van der Waals surface area (Å²) in [6, 6.07) is 8.77. The molecule has 2 aromatic heterocycles. The minimum absolute atomic E-state index is 0.489. The molecule has 1 fully saturated rings. The Balaban J connectivity index is 1.45. The van der Waals surface area contributed by atoms with E-state index in [0.717, 1.165) is 63.6 Å². The van der Waals surface area contributed by atoms with E-state index in [1.807, 2.05) is 23.5 Å². The lowest BCUT2D eigenvalue weighted by Crippen LogP contribution is -2.49. The highest BCUT2D eigenvalue weighted by molar-refractivity contribution is 7.14. The second-order valence-electron chi connectivity index (χ2n) is 6.34. The number of guanidine groups is 1. The number of nitrogens with zero attached hydrogens (tertiary/aromatic N) is 2. The highest BCUT2D eigenvalue weighted by Crippen LogP contribution is 2.24. The zero-order chi connectivity index (χ0) is 17.3. The van der Waals surface area contributed by atoms with Crippen molar-refractivity contribution >= 4 is 22.3 Å². The van der Waals surface area contributed by atoms with Gasteiger partial charge >= 0.3 is 0 Å². The maximum absolute atomic E-state index is 5.39. The highest BCUT2D eigenvalue weighted by Gasteiger charge is 2.20. The standard InChI is InChI=1S/C19H28N4OS/c1-2-10-20-19(21-11-7-17-5-3-14-24-17)22-16-8-12-23(13-9-16)18-6-4-15-25-18/h3-6,14-16H,2,7-13H2,1H3,(H2,20,21,22). The lowest BCUT2D eigenvalue weighted by atomic mass is 10.1. The summed E-state index contributed by atoms with van der Waals surface area (Å²) in [5.74, 6) is 1.94. The maximum Gasteiger partial charge on any atom is 0.191 e. The molecule has 0 atom stereocenters. The Morgan fingerprint density at radius 1 is 1.32 bits per heavy atom. The average Bonchev–Trinajstić information content (AvgIpc) is 3.34. The fraction of sp³-hybridized carbons (Fsp3) is 0.526. The van der Waals surface area contributed by atoms with Gasteiger partial charge in [-0.3, -0.25) is 4.99 Å². The van der Waals surface area contributed by atoms with Gasteiger partial charge in [0.1, 0.15) is 5.76 Å². The molecule has 0 bridgehead atoms. The molecule has 0 aromatic carbocycles. The van der Waals surface area contributed by atoms with Crippen molar-refractivity contribution in [3.63, 3.8) is 0 Å². The van der Waals surface area contributed by atoms with Crippen molar-refractivity contribution in [2.24, 2.45) is 4.99 Å².